The van der Waals surface area contributed by atoms with Crippen LogP contribution in [-0.4, -0.2) is 56.0 Å². The first-order valence-corrected chi connectivity index (χ1v) is 15.0. The normalized spacial score (nSPS) is 19.2. The number of hydrogen-bond acceptors (Lipinski definition) is 8. The van der Waals surface area contributed by atoms with Crippen LogP contribution in [0.5, 0.6) is 5.75 Å². The van der Waals surface area contributed by atoms with Gasteiger partial charge in [0.05, 0.1) is 18.8 Å². The van der Waals surface area contributed by atoms with Crippen LogP contribution in [0.25, 0.3) is 10.9 Å². The molecule has 206 valence electrons. The number of ether oxygens (including phenoxy) is 2. The number of pyridine rings is 1. The fourth-order valence-corrected chi connectivity index (χ4v) is 6.77. The molecule has 1 saturated heterocycles. The molecule has 0 spiro atoms. The van der Waals surface area contributed by atoms with Gasteiger partial charge in [-0.25, -0.2) is 4.68 Å². The summed E-state index contributed by atoms with van der Waals surface area (Å²) in [6.45, 7) is 4.69. The van der Waals surface area contributed by atoms with Crippen molar-refractivity contribution in [3.05, 3.63) is 68.4 Å². The van der Waals surface area contributed by atoms with E-state index in [1.165, 1.54) is 24.1 Å². The van der Waals surface area contributed by atoms with E-state index in [4.69, 9.17) is 9.47 Å². The van der Waals surface area contributed by atoms with Gasteiger partial charge in [-0.1, -0.05) is 25.3 Å². The number of aromatic nitrogens is 5. The second-order valence-electron chi connectivity index (χ2n) is 10.6. The number of benzene rings is 1. The van der Waals surface area contributed by atoms with Crippen LogP contribution in [0.3, 0.4) is 0 Å². The molecule has 1 aliphatic carbocycles. The molecule has 4 aromatic rings. The predicted octanol–water partition coefficient (Wildman–Crippen LogP) is 5.25. The number of H-pyrrole nitrogens is 1. The molecule has 1 saturated carbocycles. The van der Waals surface area contributed by atoms with Crippen LogP contribution in [0.2, 0.25) is 0 Å². The SMILES string of the molecule is CCOc1ccc2[nH]c(=O)c([C@@H](c3nnnn3C3CCCCC3)N(Cc3cccs3)C[C@H]3CCCO3)cc2c1. The highest BCUT2D eigenvalue weighted by Crippen LogP contribution is 2.35. The molecule has 3 aromatic heterocycles. The van der Waals surface area contributed by atoms with Crippen LogP contribution < -0.4 is 10.3 Å². The molecule has 0 amide bonds. The molecule has 2 fully saturated rings. The molecule has 1 N–H and O–H groups in total. The Morgan fingerprint density at radius 2 is 2.08 bits per heavy atom. The summed E-state index contributed by atoms with van der Waals surface area (Å²) in [5, 5.41) is 16.3. The van der Waals surface area contributed by atoms with Gasteiger partial charge in [0, 0.05) is 41.0 Å². The van der Waals surface area contributed by atoms with Gasteiger partial charge in [0.1, 0.15) is 11.8 Å². The first-order valence-electron chi connectivity index (χ1n) is 14.1. The lowest BCUT2D eigenvalue weighted by Crippen LogP contribution is -2.39. The fourth-order valence-electron chi connectivity index (χ4n) is 6.04. The molecule has 6 rings (SSSR count). The maximum absolute atomic E-state index is 13.8. The maximum atomic E-state index is 13.8. The number of rotatable bonds is 10. The van der Waals surface area contributed by atoms with Crippen molar-refractivity contribution >= 4 is 22.2 Å². The number of fused-ring (bicyclic) bond motifs is 1. The van der Waals surface area contributed by atoms with E-state index < -0.39 is 6.04 Å². The van der Waals surface area contributed by atoms with Crippen molar-refractivity contribution in [2.45, 2.75) is 76.6 Å². The second-order valence-corrected chi connectivity index (χ2v) is 11.6. The fraction of sp³-hybridized carbons (Fsp3) is 0.517. The van der Waals surface area contributed by atoms with Gasteiger partial charge in [0.25, 0.3) is 5.56 Å². The van der Waals surface area contributed by atoms with E-state index in [-0.39, 0.29) is 17.7 Å². The minimum Gasteiger partial charge on any atom is -0.494 e. The summed E-state index contributed by atoms with van der Waals surface area (Å²) in [6, 6.07) is 11.8. The minimum absolute atomic E-state index is 0.107. The molecule has 1 aromatic carbocycles. The number of nitrogens with zero attached hydrogens (tertiary/aromatic N) is 5. The van der Waals surface area contributed by atoms with E-state index in [0.717, 1.165) is 54.8 Å². The molecule has 39 heavy (non-hydrogen) atoms. The van der Waals surface area contributed by atoms with Crippen LogP contribution in [0.15, 0.2) is 46.6 Å². The van der Waals surface area contributed by atoms with Gasteiger partial charge in [-0.3, -0.25) is 9.69 Å². The molecule has 0 unspecified atom stereocenters. The zero-order chi connectivity index (χ0) is 26.6. The number of thiophene rings is 1. The quantitative estimate of drug-likeness (QED) is 0.289. The number of tetrazole rings is 1. The zero-order valence-corrected chi connectivity index (χ0v) is 23.2. The zero-order valence-electron chi connectivity index (χ0n) is 22.4. The topological polar surface area (TPSA) is 98.2 Å². The van der Waals surface area contributed by atoms with Crippen LogP contribution in [-0.2, 0) is 11.3 Å². The highest BCUT2D eigenvalue weighted by Gasteiger charge is 2.35. The first-order chi connectivity index (χ1) is 19.2. The van der Waals surface area contributed by atoms with E-state index in [9.17, 15) is 4.79 Å². The summed E-state index contributed by atoms with van der Waals surface area (Å²) in [5.74, 6) is 1.50. The number of nitrogens with one attached hydrogen (secondary N) is 1. The van der Waals surface area contributed by atoms with Crippen LogP contribution in [0.1, 0.15) is 80.2 Å². The predicted molar refractivity (Wildman–Crippen MR) is 151 cm³/mol. The van der Waals surface area contributed by atoms with E-state index in [1.54, 1.807) is 11.3 Å². The number of aromatic amines is 1. The smallest absolute Gasteiger partial charge is 0.253 e. The van der Waals surface area contributed by atoms with Crippen LogP contribution in [0, 0.1) is 0 Å². The van der Waals surface area contributed by atoms with Crippen LogP contribution >= 0.6 is 11.3 Å². The van der Waals surface area contributed by atoms with E-state index in [2.05, 4.69) is 42.9 Å². The van der Waals surface area contributed by atoms with Gasteiger partial charge in [-0.15, -0.1) is 16.4 Å². The standard InChI is InChI=1S/C29H36N6O3S/c1-2-37-22-12-13-26-20(16-22)17-25(29(36)30-26)27(28-31-32-33-35(28)21-8-4-3-5-9-21)34(18-23-10-6-14-38-23)19-24-11-7-15-39-24/h7,11-13,15-17,21,23,27H,2-6,8-10,14,18-19H2,1H3,(H,30,36)/t23-,27+/m1/s1. The van der Waals surface area contributed by atoms with Gasteiger partial charge in [-0.05, 0) is 78.7 Å². The Balaban J connectivity index is 1.49. The number of hydrogen-bond donors (Lipinski definition) is 1. The lowest BCUT2D eigenvalue weighted by molar-refractivity contribution is 0.0571. The largest absolute Gasteiger partial charge is 0.494 e. The third kappa shape index (κ3) is 5.78. The van der Waals surface area contributed by atoms with Gasteiger partial charge in [-0.2, -0.15) is 0 Å². The van der Waals surface area contributed by atoms with Crippen molar-refractivity contribution in [3.63, 3.8) is 0 Å². The van der Waals surface area contributed by atoms with Gasteiger partial charge in [0.2, 0.25) is 0 Å². The Hall–Kier alpha value is -3.08. The van der Waals surface area contributed by atoms with Crippen molar-refractivity contribution in [1.82, 2.24) is 30.1 Å². The lowest BCUT2D eigenvalue weighted by Gasteiger charge is -2.33. The summed E-state index contributed by atoms with van der Waals surface area (Å²) >= 11 is 1.72. The van der Waals surface area contributed by atoms with E-state index >= 15 is 0 Å². The van der Waals surface area contributed by atoms with Crippen molar-refractivity contribution in [3.8, 4) is 5.75 Å². The molecular weight excluding hydrogens is 512 g/mol. The molecular formula is C29H36N6O3S. The third-order valence-electron chi connectivity index (χ3n) is 7.90. The Bertz CT molecular complexity index is 1420. The summed E-state index contributed by atoms with van der Waals surface area (Å²) in [5.41, 5.74) is 1.29. The highest BCUT2D eigenvalue weighted by molar-refractivity contribution is 7.09. The monoisotopic (exact) mass is 548 g/mol. The van der Waals surface area contributed by atoms with Crippen LogP contribution in [0.4, 0.5) is 0 Å². The molecule has 0 bridgehead atoms. The van der Waals surface area contributed by atoms with E-state index in [0.29, 0.717) is 25.3 Å². The van der Waals surface area contributed by atoms with Gasteiger partial charge < -0.3 is 14.5 Å². The summed E-state index contributed by atoms with van der Waals surface area (Å²) in [4.78, 5) is 20.5. The summed E-state index contributed by atoms with van der Waals surface area (Å²) < 4.78 is 13.9. The lowest BCUT2D eigenvalue weighted by atomic mass is 9.95. The summed E-state index contributed by atoms with van der Waals surface area (Å²) in [7, 11) is 0. The molecule has 1 aliphatic heterocycles. The van der Waals surface area contributed by atoms with Crippen molar-refractivity contribution < 1.29 is 9.47 Å². The Labute approximate surface area is 232 Å². The molecule has 9 nitrogen and oxygen atoms in total. The molecule has 0 radical (unpaired) electrons. The Kier molecular flexibility index (Phi) is 8.03. The minimum atomic E-state index is -0.433. The average Bonchev–Trinajstić information content (AvgIpc) is 3.74. The molecule has 2 atom stereocenters. The third-order valence-corrected chi connectivity index (χ3v) is 8.76. The molecule has 4 heterocycles. The molecule has 10 heteroatoms. The molecule has 2 aliphatic rings. The first kappa shape index (κ1) is 26.2. The highest BCUT2D eigenvalue weighted by atomic mass is 32.1. The van der Waals surface area contributed by atoms with Crippen molar-refractivity contribution in [2.24, 2.45) is 0 Å². The van der Waals surface area contributed by atoms with Crippen molar-refractivity contribution in [2.75, 3.05) is 19.8 Å². The van der Waals surface area contributed by atoms with E-state index in [1.807, 2.05) is 35.9 Å². The summed E-state index contributed by atoms with van der Waals surface area (Å²) in [6.07, 6.45) is 7.84. The van der Waals surface area contributed by atoms with Crippen molar-refractivity contribution in [1.29, 1.82) is 0 Å². The van der Waals surface area contributed by atoms with Gasteiger partial charge in [0.15, 0.2) is 5.82 Å². The Morgan fingerprint density at radius 1 is 1.18 bits per heavy atom. The second kappa shape index (κ2) is 12.0. The average molecular weight is 549 g/mol. The maximum Gasteiger partial charge on any atom is 0.253 e. The Morgan fingerprint density at radius 3 is 2.85 bits per heavy atom. The van der Waals surface area contributed by atoms with Gasteiger partial charge >= 0.3 is 0 Å².